The summed E-state index contributed by atoms with van der Waals surface area (Å²) >= 11 is 0. The fraction of sp³-hybridized carbons (Fsp3) is 0.379. The van der Waals surface area contributed by atoms with Crippen LogP contribution in [0.4, 0.5) is 0 Å². The summed E-state index contributed by atoms with van der Waals surface area (Å²) in [6.45, 7) is 8.61. The molecule has 7 nitrogen and oxygen atoms in total. The van der Waals surface area contributed by atoms with E-state index in [0.29, 0.717) is 12.6 Å². The van der Waals surface area contributed by atoms with Crippen molar-refractivity contribution >= 4 is 19.6 Å². The molecule has 4 aromatic rings. The van der Waals surface area contributed by atoms with Gasteiger partial charge < -0.3 is 14.6 Å². The van der Waals surface area contributed by atoms with Crippen LogP contribution in [0, 0.1) is 0 Å². The van der Waals surface area contributed by atoms with Crippen molar-refractivity contribution in [1.82, 2.24) is 19.7 Å². The van der Waals surface area contributed by atoms with E-state index in [2.05, 4.69) is 58.4 Å². The first-order valence-electron chi connectivity index (χ1n) is 13.0. The van der Waals surface area contributed by atoms with Gasteiger partial charge in [0.2, 0.25) is 5.88 Å². The highest BCUT2D eigenvalue weighted by atomic mass is 28.3. The fourth-order valence-electron chi connectivity index (χ4n) is 4.59. The van der Waals surface area contributed by atoms with Gasteiger partial charge in [-0.15, -0.1) is 0 Å². The first-order valence-corrected chi connectivity index (χ1v) is 15.7. The van der Waals surface area contributed by atoms with E-state index in [-0.39, 0.29) is 14.9 Å². The van der Waals surface area contributed by atoms with Crippen molar-refractivity contribution in [2.45, 2.75) is 51.4 Å². The van der Waals surface area contributed by atoms with E-state index in [1.54, 1.807) is 6.20 Å². The summed E-state index contributed by atoms with van der Waals surface area (Å²) in [4.78, 5) is 6.94. The number of pyridine rings is 1. The normalized spacial score (nSPS) is 15.0. The molecule has 0 bridgehead atoms. The van der Waals surface area contributed by atoms with Gasteiger partial charge in [-0.1, -0.05) is 31.3 Å². The first-order chi connectivity index (χ1) is 18.0. The van der Waals surface area contributed by atoms with E-state index >= 15 is 0 Å². The largest absolute Gasteiger partial charge is 0.439 e. The molecule has 0 spiro atoms. The number of aliphatic hydroxyl groups excluding tert-OH is 1. The lowest BCUT2D eigenvalue weighted by atomic mass is 10.0. The summed E-state index contributed by atoms with van der Waals surface area (Å²) in [7, 11) is -0.276. The zero-order valence-electron chi connectivity index (χ0n) is 21.6. The van der Waals surface area contributed by atoms with Crippen LogP contribution >= 0.6 is 0 Å². The van der Waals surface area contributed by atoms with Crippen LogP contribution in [0.5, 0.6) is 11.6 Å². The highest BCUT2D eigenvalue weighted by Crippen LogP contribution is 2.27. The lowest BCUT2D eigenvalue weighted by molar-refractivity contribution is 0.0792. The standard InChI is InChI=1S/C29H35N4O3Si/c1-37(2)16-15-35-21-33-28(9-12-31-33)25-6-8-29(30-19-25)36-27-7-5-23-17-22(3-4-24(23)18-27)20-32-13-10-26(34)11-14-32/h3-9,12,17-19,26,34H,10-11,13-16,20-21H2,1-2H3. The van der Waals surface area contributed by atoms with Gasteiger partial charge in [0.15, 0.2) is 0 Å². The Balaban J connectivity index is 1.20. The molecule has 0 saturated carbocycles. The minimum atomic E-state index is -0.276. The maximum Gasteiger partial charge on any atom is 0.219 e. The molecule has 0 aliphatic carbocycles. The lowest BCUT2D eigenvalue weighted by Crippen LogP contribution is -2.35. The number of fused-ring (bicyclic) bond motifs is 1. The molecule has 8 heteroatoms. The average molecular weight is 516 g/mol. The maximum absolute atomic E-state index is 9.73. The summed E-state index contributed by atoms with van der Waals surface area (Å²) < 4.78 is 13.7. The second-order valence-corrected chi connectivity index (χ2v) is 13.0. The van der Waals surface area contributed by atoms with Crippen LogP contribution in [-0.2, 0) is 18.0 Å². The van der Waals surface area contributed by atoms with Crippen molar-refractivity contribution in [2.24, 2.45) is 0 Å². The monoisotopic (exact) mass is 515 g/mol. The van der Waals surface area contributed by atoms with Gasteiger partial charge in [0, 0.05) is 59.1 Å². The second-order valence-electron chi connectivity index (χ2n) is 10.0. The summed E-state index contributed by atoms with van der Waals surface area (Å²) in [5.41, 5.74) is 3.24. The molecule has 2 aromatic carbocycles. The van der Waals surface area contributed by atoms with Crippen molar-refractivity contribution in [2.75, 3.05) is 19.7 Å². The molecule has 0 atom stereocenters. The quantitative estimate of drug-likeness (QED) is 0.220. The minimum absolute atomic E-state index is 0.139. The fourth-order valence-corrected chi connectivity index (χ4v) is 5.14. The van der Waals surface area contributed by atoms with Crippen molar-refractivity contribution in [1.29, 1.82) is 0 Å². The second kappa shape index (κ2) is 12.0. The van der Waals surface area contributed by atoms with Gasteiger partial charge >= 0.3 is 0 Å². The molecule has 193 valence electrons. The zero-order valence-corrected chi connectivity index (χ0v) is 22.6. The predicted octanol–water partition coefficient (Wildman–Crippen LogP) is 5.58. The molecular weight excluding hydrogens is 480 g/mol. The molecule has 1 aliphatic heterocycles. The van der Waals surface area contributed by atoms with Gasteiger partial charge in [-0.3, -0.25) is 4.90 Å². The van der Waals surface area contributed by atoms with Crippen LogP contribution in [0.2, 0.25) is 19.1 Å². The molecule has 1 N–H and O–H groups in total. The summed E-state index contributed by atoms with van der Waals surface area (Å²) in [5, 5.41) is 16.5. The number of rotatable bonds is 10. The van der Waals surface area contributed by atoms with E-state index in [0.717, 1.165) is 67.5 Å². The molecular formula is C29H35N4O3Si. The first kappa shape index (κ1) is 25.6. The number of nitrogens with zero attached hydrogens (tertiary/aromatic N) is 4. The SMILES string of the molecule is C[Si](C)CCOCn1nccc1-c1ccc(Oc2ccc3cc(CN4CCC(O)CC4)ccc3c2)nc1. The van der Waals surface area contributed by atoms with Crippen molar-refractivity contribution in [3.63, 3.8) is 0 Å². The zero-order chi connectivity index (χ0) is 25.6. The Kier molecular flexibility index (Phi) is 8.30. The number of piperidine rings is 1. The molecule has 1 aliphatic rings. The molecule has 2 aromatic heterocycles. The van der Waals surface area contributed by atoms with E-state index in [1.807, 2.05) is 35.1 Å². The summed E-state index contributed by atoms with van der Waals surface area (Å²) in [6, 6.07) is 19.7. The lowest BCUT2D eigenvalue weighted by Gasteiger charge is -2.29. The third-order valence-corrected chi connectivity index (χ3v) is 7.97. The number of likely N-dealkylation sites (tertiary alicyclic amines) is 1. The summed E-state index contributed by atoms with van der Waals surface area (Å²) in [5.74, 6) is 1.31. The average Bonchev–Trinajstić information content (AvgIpc) is 3.37. The van der Waals surface area contributed by atoms with Gasteiger partial charge in [0.1, 0.15) is 12.5 Å². The number of benzene rings is 2. The third kappa shape index (κ3) is 6.84. The Morgan fingerprint density at radius 2 is 1.81 bits per heavy atom. The van der Waals surface area contributed by atoms with Crippen LogP contribution in [0.3, 0.4) is 0 Å². The van der Waals surface area contributed by atoms with Crippen LogP contribution in [0.1, 0.15) is 18.4 Å². The van der Waals surface area contributed by atoms with Crippen molar-refractivity contribution in [3.8, 4) is 22.9 Å². The van der Waals surface area contributed by atoms with Crippen LogP contribution in [0.25, 0.3) is 22.0 Å². The van der Waals surface area contributed by atoms with Crippen LogP contribution in [-0.4, -0.2) is 59.4 Å². The van der Waals surface area contributed by atoms with E-state index in [4.69, 9.17) is 9.47 Å². The molecule has 5 rings (SSSR count). The molecule has 1 saturated heterocycles. The highest BCUT2D eigenvalue weighted by Gasteiger charge is 2.17. The van der Waals surface area contributed by atoms with Gasteiger partial charge in [-0.2, -0.15) is 5.10 Å². The van der Waals surface area contributed by atoms with E-state index in [9.17, 15) is 5.11 Å². The molecule has 37 heavy (non-hydrogen) atoms. The number of aromatic nitrogens is 3. The Morgan fingerprint density at radius 1 is 1.00 bits per heavy atom. The number of ether oxygens (including phenoxy) is 2. The molecule has 0 unspecified atom stereocenters. The number of aliphatic hydroxyl groups is 1. The predicted molar refractivity (Wildman–Crippen MR) is 148 cm³/mol. The van der Waals surface area contributed by atoms with Gasteiger partial charge in [0.25, 0.3) is 0 Å². The highest BCUT2D eigenvalue weighted by molar-refractivity contribution is 6.55. The molecule has 3 heterocycles. The number of hydrogen-bond donors (Lipinski definition) is 1. The van der Waals surface area contributed by atoms with Gasteiger partial charge in [-0.25, -0.2) is 9.67 Å². The summed E-state index contributed by atoms with van der Waals surface area (Å²) in [6.07, 6.45) is 5.19. The minimum Gasteiger partial charge on any atom is -0.439 e. The van der Waals surface area contributed by atoms with Crippen LogP contribution in [0.15, 0.2) is 67.0 Å². The smallest absolute Gasteiger partial charge is 0.219 e. The van der Waals surface area contributed by atoms with E-state index in [1.165, 1.54) is 10.9 Å². The van der Waals surface area contributed by atoms with Gasteiger partial charge in [-0.05, 0) is 65.6 Å². The van der Waals surface area contributed by atoms with Crippen molar-refractivity contribution in [3.05, 3.63) is 72.6 Å². The molecule has 0 amide bonds. The third-order valence-electron chi connectivity index (χ3n) is 6.77. The van der Waals surface area contributed by atoms with Crippen molar-refractivity contribution < 1.29 is 14.6 Å². The van der Waals surface area contributed by atoms with Crippen LogP contribution < -0.4 is 4.74 Å². The molecule has 1 fully saturated rings. The Labute approximate surface area is 220 Å². The topological polar surface area (TPSA) is 72.6 Å². The Bertz CT molecular complexity index is 1300. The molecule has 1 radical (unpaired) electrons. The number of hydrogen-bond acceptors (Lipinski definition) is 6. The Morgan fingerprint density at radius 3 is 2.59 bits per heavy atom. The maximum atomic E-state index is 9.73. The Hall–Kier alpha value is -3.04. The van der Waals surface area contributed by atoms with Gasteiger partial charge in [0.05, 0.1) is 11.8 Å². The van der Waals surface area contributed by atoms with E-state index < -0.39 is 0 Å².